The molecular formula is C80H98N32O5. The van der Waals surface area contributed by atoms with Crippen molar-refractivity contribution in [2.24, 2.45) is 0 Å². The molecule has 4 aliphatic heterocycles. The van der Waals surface area contributed by atoms with E-state index in [1.165, 1.54) is 25.3 Å². The fraction of sp³-hybridized carbons (Fsp3) is 0.450. The Morgan fingerprint density at radius 3 is 0.957 bits per heavy atom. The molecule has 0 aliphatic carbocycles. The third-order valence-electron chi connectivity index (χ3n) is 21.6. The monoisotopic (exact) mass is 1590 g/mol. The molecule has 6 N–H and O–H groups in total. The molecule has 4 aliphatic rings. The van der Waals surface area contributed by atoms with Gasteiger partial charge in [-0.2, -0.15) is 60.7 Å². The van der Waals surface area contributed by atoms with E-state index in [1.807, 2.05) is 137 Å². The molecule has 4 fully saturated rings. The van der Waals surface area contributed by atoms with Crippen LogP contribution in [0.5, 0.6) is 0 Å². The summed E-state index contributed by atoms with van der Waals surface area (Å²) in [6.07, 6.45) is 27.9. The van der Waals surface area contributed by atoms with Gasteiger partial charge in [-0.05, 0) is 202 Å². The van der Waals surface area contributed by atoms with Gasteiger partial charge in [-0.15, -0.1) is 0 Å². The largest absolute Gasteiger partial charge is 0.393 e. The molecule has 4 saturated heterocycles. The summed E-state index contributed by atoms with van der Waals surface area (Å²) in [7, 11) is 0. The third kappa shape index (κ3) is 17.3. The first kappa shape index (κ1) is 78.6. The molecule has 4 unspecified atom stereocenters. The van der Waals surface area contributed by atoms with Crippen molar-refractivity contribution in [1.82, 2.24) is 138 Å². The number of hydrogen-bond acceptors (Lipinski definition) is 29. The Balaban J connectivity index is 0.000000113. The molecule has 16 aromatic rings. The van der Waals surface area contributed by atoms with Crippen LogP contribution in [-0.4, -0.2) is 198 Å². The Morgan fingerprint density at radius 2 is 0.667 bits per heavy atom. The van der Waals surface area contributed by atoms with E-state index < -0.39 is 0 Å². The first-order chi connectivity index (χ1) is 56.0. The SMILES string of the molecule is CC1(C)CC(O)CCO1.Cc1cc2ncnn2cc1Nc1ncc2c(C)[nH]nc2n1.Cc1cc2ncnn2cc1Nc1ncc2c(C)nn(C3CCOC(C)(C)C3)c2n1.Cc1cc2ncnn2cc1Nc1ncc2c(C)nn(C3CCOC(C)(C)C3)c2n1.Cc1cc2ncnn2cc1Nc1ncc2c(C)nn(C3CCOC(C)(C)C3)c2n1. The molecule has 0 amide bonds. The van der Waals surface area contributed by atoms with Crippen molar-refractivity contribution in [3.63, 3.8) is 0 Å². The molecule has 0 bridgehead atoms. The zero-order chi connectivity index (χ0) is 81.8. The Morgan fingerprint density at radius 1 is 0.376 bits per heavy atom. The summed E-state index contributed by atoms with van der Waals surface area (Å²) >= 11 is 0. The second-order valence-corrected chi connectivity index (χ2v) is 32.9. The predicted molar refractivity (Wildman–Crippen MR) is 441 cm³/mol. The van der Waals surface area contributed by atoms with Crippen LogP contribution in [0.2, 0.25) is 0 Å². The van der Waals surface area contributed by atoms with Gasteiger partial charge < -0.3 is 45.3 Å². The van der Waals surface area contributed by atoms with Crippen LogP contribution in [0.3, 0.4) is 0 Å². The molecular weight excluding hydrogens is 1490 g/mol. The number of fused-ring (bicyclic) bond motifs is 8. The van der Waals surface area contributed by atoms with Crippen molar-refractivity contribution in [3.05, 3.63) is 144 Å². The summed E-state index contributed by atoms with van der Waals surface area (Å²) < 4.78 is 36.1. The fourth-order valence-electron chi connectivity index (χ4n) is 15.4. The van der Waals surface area contributed by atoms with Gasteiger partial charge >= 0.3 is 0 Å². The maximum absolute atomic E-state index is 9.16. The van der Waals surface area contributed by atoms with Crippen LogP contribution in [0, 0.1) is 55.4 Å². The van der Waals surface area contributed by atoms with Crippen LogP contribution in [0.4, 0.5) is 46.5 Å². The van der Waals surface area contributed by atoms with Gasteiger partial charge in [0.2, 0.25) is 23.8 Å². The van der Waals surface area contributed by atoms with Gasteiger partial charge in [0.05, 0.1) is 133 Å². The topological polar surface area (TPSA) is 411 Å². The molecule has 37 nitrogen and oxygen atoms in total. The summed E-state index contributed by atoms with van der Waals surface area (Å²) in [6, 6.07) is 8.65. The number of aryl methyl sites for hydroxylation is 8. The van der Waals surface area contributed by atoms with Crippen LogP contribution >= 0.6 is 0 Å². The highest BCUT2D eigenvalue weighted by atomic mass is 16.5. The van der Waals surface area contributed by atoms with E-state index in [4.69, 9.17) is 54.3 Å². The van der Waals surface area contributed by atoms with E-state index in [1.54, 1.807) is 24.3 Å². The number of nitrogens with one attached hydrogen (secondary N) is 5. The van der Waals surface area contributed by atoms with Gasteiger partial charge in [-0.1, -0.05) is 0 Å². The van der Waals surface area contributed by atoms with Gasteiger partial charge in [0.1, 0.15) is 25.3 Å². The molecule has 117 heavy (non-hydrogen) atoms. The average molecular weight is 1590 g/mol. The number of aromatic nitrogens is 28. The Bertz CT molecular complexity index is 5850. The first-order valence-electron chi connectivity index (χ1n) is 39.3. The molecule has 20 rings (SSSR count). The van der Waals surface area contributed by atoms with E-state index in [0.29, 0.717) is 36.0 Å². The normalized spacial score (nSPS) is 18.9. The maximum Gasteiger partial charge on any atom is 0.229 e. The summed E-state index contributed by atoms with van der Waals surface area (Å²) in [4.78, 5) is 53.5. The first-order valence-corrected chi connectivity index (χ1v) is 39.3. The zero-order valence-electron chi connectivity index (χ0n) is 68.7. The number of rotatable bonds is 11. The number of pyridine rings is 4. The summed E-state index contributed by atoms with van der Waals surface area (Å²) in [5, 5.41) is 64.3. The smallest absolute Gasteiger partial charge is 0.229 e. The predicted octanol–water partition coefficient (Wildman–Crippen LogP) is 12.8. The van der Waals surface area contributed by atoms with Crippen molar-refractivity contribution in [2.75, 3.05) is 47.7 Å². The minimum absolute atomic E-state index is 0.0995. The van der Waals surface area contributed by atoms with Crippen LogP contribution < -0.4 is 21.3 Å². The highest BCUT2D eigenvalue weighted by Crippen LogP contribution is 2.39. The van der Waals surface area contributed by atoms with Gasteiger partial charge in [0.15, 0.2) is 45.2 Å². The number of aromatic amines is 1. The van der Waals surface area contributed by atoms with E-state index in [9.17, 15) is 0 Å². The third-order valence-corrected chi connectivity index (χ3v) is 21.6. The highest BCUT2D eigenvalue weighted by molar-refractivity contribution is 5.82. The van der Waals surface area contributed by atoms with Gasteiger partial charge in [-0.25, -0.2) is 72.0 Å². The van der Waals surface area contributed by atoms with E-state index >= 15 is 0 Å². The number of ether oxygens (including phenoxy) is 4. The fourth-order valence-corrected chi connectivity index (χ4v) is 15.4. The summed E-state index contributed by atoms with van der Waals surface area (Å²) in [6.45, 7) is 35.7. The summed E-state index contributed by atoms with van der Waals surface area (Å²) in [5.41, 5.74) is 17.3. The molecule has 20 heterocycles. The van der Waals surface area contributed by atoms with Crippen molar-refractivity contribution in [1.29, 1.82) is 0 Å². The van der Waals surface area contributed by atoms with Crippen molar-refractivity contribution in [3.8, 4) is 0 Å². The number of aliphatic hydroxyl groups excluding tert-OH is 1. The lowest BCUT2D eigenvalue weighted by atomic mass is 9.94. The molecule has 0 saturated carbocycles. The second-order valence-electron chi connectivity index (χ2n) is 32.9. The Labute approximate surface area is 672 Å². The van der Waals surface area contributed by atoms with Crippen LogP contribution in [0.25, 0.3) is 66.7 Å². The van der Waals surface area contributed by atoms with Gasteiger partial charge in [0.25, 0.3) is 0 Å². The number of anilines is 8. The van der Waals surface area contributed by atoms with Crippen LogP contribution in [0.15, 0.2) is 99.1 Å². The van der Waals surface area contributed by atoms with Crippen molar-refractivity contribution < 1.29 is 24.1 Å². The quantitative estimate of drug-likeness (QED) is 0.0700. The molecule has 4 atom stereocenters. The maximum atomic E-state index is 9.16. The minimum atomic E-state index is -0.159. The van der Waals surface area contributed by atoms with Crippen LogP contribution in [-0.2, 0) is 18.9 Å². The lowest BCUT2D eigenvalue weighted by molar-refractivity contribution is -0.0960. The van der Waals surface area contributed by atoms with E-state index in [-0.39, 0.29) is 46.6 Å². The molecule has 16 aromatic heterocycles. The standard InChI is InChI=1S/3C20H24N8O.C13H12N8.C7H14O2/c3*1-12-7-17-22-11-23-27(17)10-16(12)24-19-21-9-15-13(2)26-28(18(15)25-19)14-5-6-29-20(3,4)8-14;1-7-3-11-15-6-16-21(11)5-10(7)17-13-14-4-9-8(2)19-20-12(9)18-13;1-7(2)5-6(8)3-4-9-7/h3*7,9-11,14H,5-6,8H2,1-4H3,(H,21,24,25);3-6H,1-2H3,(H2,14,17,18,19,20);6,8H,3-5H2,1-2H3. The number of aliphatic hydroxyl groups is 1. The molecule has 0 radical (unpaired) electrons. The Kier molecular flexibility index (Phi) is 21.3. The number of hydrogen-bond donors (Lipinski definition) is 6. The van der Waals surface area contributed by atoms with Gasteiger partial charge in [0, 0.05) is 63.3 Å². The number of nitrogens with zero attached hydrogens (tertiary/aromatic N) is 27. The lowest BCUT2D eigenvalue weighted by Crippen LogP contribution is -2.36. The Hall–Kier alpha value is -12.3. The van der Waals surface area contributed by atoms with E-state index in [0.717, 1.165) is 200 Å². The zero-order valence-corrected chi connectivity index (χ0v) is 68.7. The van der Waals surface area contributed by atoms with Crippen LogP contribution in [0.1, 0.15) is 170 Å². The molecule has 0 spiro atoms. The molecule has 37 heteroatoms. The van der Waals surface area contributed by atoms with Gasteiger partial charge in [-0.3, -0.25) is 5.10 Å². The summed E-state index contributed by atoms with van der Waals surface area (Å²) in [5.74, 6) is 2.10. The average Bonchev–Trinajstić information content (AvgIpc) is 1.64. The molecule has 608 valence electrons. The second kappa shape index (κ2) is 31.7. The van der Waals surface area contributed by atoms with Crippen molar-refractivity contribution >= 4 is 113 Å². The minimum Gasteiger partial charge on any atom is -0.393 e. The lowest BCUT2D eigenvalue weighted by Gasteiger charge is -2.35. The highest BCUT2D eigenvalue weighted by Gasteiger charge is 2.36. The van der Waals surface area contributed by atoms with Crippen molar-refractivity contribution in [2.45, 2.75) is 209 Å². The molecule has 0 aromatic carbocycles. The number of H-pyrrole nitrogens is 1. The van der Waals surface area contributed by atoms with E-state index in [2.05, 4.69) is 152 Å².